The van der Waals surface area contributed by atoms with Crippen molar-refractivity contribution in [1.82, 2.24) is 10.2 Å². The van der Waals surface area contributed by atoms with Crippen molar-refractivity contribution in [1.29, 1.82) is 0 Å². The molecule has 0 aromatic carbocycles. The van der Waals surface area contributed by atoms with E-state index in [1.54, 1.807) is 0 Å². The zero-order valence-electron chi connectivity index (χ0n) is 13.2. The molecule has 0 bridgehead atoms. The molecule has 2 rings (SSSR count). The van der Waals surface area contributed by atoms with E-state index in [-0.39, 0.29) is 11.7 Å². The molecule has 2 atom stereocenters. The molecule has 1 saturated carbocycles. The molecular formula is C16H30N2O. The van der Waals surface area contributed by atoms with Crippen LogP contribution >= 0.6 is 0 Å². The molecule has 3 nitrogen and oxygen atoms in total. The highest BCUT2D eigenvalue weighted by molar-refractivity contribution is 5.89. The van der Waals surface area contributed by atoms with Crippen molar-refractivity contribution >= 4 is 5.91 Å². The van der Waals surface area contributed by atoms with E-state index in [0.29, 0.717) is 23.7 Å². The van der Waals surface area contributed by atoms with Gasteiger partial charge in [-0.2, -0.15) is 0 Å². The SMILES string of the molecule is CC(C)C(C)CN1C(=O)C2(CCCC2)NC1C(C)C. The monoisotopic (exact) mass is 266 g/mol. The van der Waals surface area contributed by atoms with Crippen LogP contribution in [0.2, 0.25) is 0 Å². The highest BCUT2D eigenvalue weighted by Crippen LogP contribution is 2.38. The van der Waals surface area contributed by atoms with Gasteiger partial charge in [-0.25, -0.2) is 0 Å². The van der Waals surface area contributed by atoms with Crippen molar-refractivity contribution in [3.8, 4) is 0 Å². The predicted molar refractivity (Wildman–Crippen MR) is 78.7 cm³/mol. The van der Waals surface area contributed by atoms with Gasteiger partial charge in [-0.1, -0.05) is 47.5 Å². The maximum absolute atomic E-state index is 12.9. The lowest BCUT2D eigenvalue weighted by atomic mass is 9.95. The molecular weight excluding hydrogens is 236 g/mol. The Hall–Kier alpha value is -0.570. The number of amides is 1. The van der Waals surface area contributed by atoms with Crippen LogP contribution < -0.4 is 5.32 Å². The molecule has 1 amide bonds. The predicted octanol–water partition coefficient (Wildman–Crippen LogP) is 3.01. The van der Waals surface area contributed by atoms with Crippen LogP contribution in [0.4, 0.5) is 0 Å². The summed E-state index contributed by atoms with van der Waals surface area (Å²) in [7, 11) is 0. The van der Waals surface area contributed by atoms with Crippen LogP contribution in [0.3, 0.4) is 0 Å². The average molecular weight is 266 g/mol. The Bertz CT molecular complexity index is 332. The van der Waals surface area contributed by atoms with Crippen LogP contribution in [0.1, 0.15) is 60.3 Å². The molecule has 2 unspecified atom stereocenters. The molecule has 1 heterocycles. The fourth-order valence-corrected chi connectivity index (χ4v) is 3.40. The second-order valence-corrected chi connectivity index (χ2v) is 7.30. The van der Waals surface area contributed by atoms with E-state index in [1.165, 1.54) is 12.8 Å². The Balaban J connectivity index is 2.16. The van der Waals surface area contributed by atoms with E-state index in [2.05, 4.69) is 44.8 Å². The van der Waals surface area contributed by atoms with Gasteiger partial charge in [0, 0.05) is 6.54 Å². The van der Waals surface area contributed by atoms with Crippen LogP contribution in [0.25, 0.3) is 0 Å². The fraction of sp³-hybridized carbons (Fsp3) is 0.938. The Kier molecular flexibility index (Phi) is 4.24. The largest absolute Gasteiger partial charge is 0.325 e. The molecule has 2 fully saturated rings. The summed E-state index contributed by atoms with van der Waals surface area (Å²) in [5.41, 5.74) is -0.217. The summed E-state index contributed by atoms with van der Waals surface area (Å²) in [5, 5.41) is 3.69. The van der Waals surface area contributed by atoms with Crippen molar-refractivity contribution in [3.05, 3.63) is 0 Å². The molecule has 1 spiro atoms. The first-order chi connectivity index (χ1) is 8.87. The van der Waals surface area contributed by atoms with E-state index in [0.717, 1.165) is 19.4 Å². The van der Waals surface area contributed by atoms with Gasteiger partial charge in [0.15, 0.2) is 0 Å². The topological polar surface area (TPSA) is 32.3 Å². The Morgan fingerprint density at radius 3 is 2.26 bits per heavy atom. The Morgan fingerprint density at radius 2 is 1.79 bits per heavy atom. The molecule has 1 aliphatic carbocycles. The maximum atomic E-state index is 12.9. The number of nitrogens with one attached hydrogen (secondary N) is 1. The van der Waals surface area contributed by atoms with Gasteiger partial charge in [0.05, 0.1) is 11.7 Å². The first-order valence-corrected chi connectivity index (χ1v) is 7.96. The third-order valence-electron chi connectivity index (χ3n) is 5.14. The van der Waals surface area contributed by atoms with Crippen LogP contribution in [0, 0.1) is 17.8 Å². The number of nitrogens with zero attached hydrogens (tertiary/aromatic N) is 1. The molecule has 1 saturated heterocycles. The van der Waals surface area contributed by atoms with Crippen LogP contribution in [0.5, 0.6) is 0 Å². The molecule has 3 heteroatoms. The van der Waals surface area contributed by atoms with Crippen molar-refractivity contribution in [2.45, 2.75) is 72.0 Å². The second-order valence-electron chi connectivity index (χ2n) is 7.30. The first kappa shape index (κ1) is 14.8. The first-order valence-electron chi connectivity index (χ1n) is 7.96. The van der Waals surface area contributed by atoms with E-state index < -0.39 is 0 Å². The molecule has 0 aromatic rings. The Labute approximate surface area is 118 Å². The summed E-state index contributed by atoms with van der Waals surface area (Å²) in [6.45, 7) is 12.1. The number of hydrogen-bond donors (Lipinski definition) is 1. The number of carbonyl (C=O) groups excluding carboxylic acids is 1. The van der Waals surface area contributed by atoms with Crippen molar-refractivity contribution in [3.63, 3.8) is 0 Å². The zero-order valence-corrected chi connectivity index (χ0v) is 13.2. The highest BCUT2D eigenvalue weighted by atomic mass is 16.2. The van der Waals surface area contributed by atoms with E-state index in [9.17, 15) is 4.79 Å². The van der Waals surface area contributed by atoms with Crippen LogP contribution in [-0.4, -0.2) is 29.1 Å². The summed E-state index contributed by atoms with van der Waals surface area (Å²) in [4.78, 5) is 15.0. The maximum Gasteiger partial charge on any atom is 0.244 e. The van der Waals surface area contributed by atoms with Crippen molar-refractivity contribution in [2.24, 2.45) is 17.8 Å². The molecule has 19 heavy (non-hydrogen) atoms. The minimum Gasteiger partial charge on any atom is -0.325 e. The lowest BCUT2D eigenvalue weighted by molar-refractivity contribution is -0.134. The number of hydrogen-bond acceptors (Lipinski definition) is 2. The van der Waals surface area contributed by atoms with Gasteiger partial charge in [-0.05, 0) is 30.6 Å². The minimum absolute atomic E-state index is 0.217. The summed E-state index contributed by atoms with van der Waals surface area (Å²) >= 11 is 0. The van der Waals surface area contributed by atoms with Crippen molar-refractivity contribution in [2.75, 3.05) is 6.54 Å². The molecule has 1 aliphatic heterocycles. The van der Waals surface area contributed by atoms with Gasteiger partial charge < -0.3 is 4.90 Å². The fourth-order valence-electron chi connectivity index (χ4n) is 3.40. The number of rotatable bonds is 4. The minimum atomic E-state index is -0.217. The quantitative estimate of drug-likeness (QED) is 0.848. The van der Waals surface area contributed by atoms with Crippen LogP contribution in [-0.2, 0) is 4.79 Å². The van der Waals surface area contributed by atoms with Gasteiger partial charge in [0.25, 0.3) is 0 Å². The average Bonchev–Trinajstić information content (AvgIpc) is 2.90. The summed E-state index contributed by atoms with van der Waals surface area (Å²) < 4.78 is 0. The standard InChI is InChI=1S/C16H30N2O/c1-11(2)13(5)10-18-14(12(3)4)17-16(15(18)19)8-6-7-9-16/h11-14,17H,6-10H2,1-5H3. The number of carbonyl (C=O) groups is 1. The van der Waals surface area contributed by atoms with Crippen molar-refractivity contribution < 1.29 is 4.79 Å². The third-order valence-corrected chi connectivity index (χ3v) is 5.14. The normalized spacial score (nSPS) is 28.1. The van der Waals surface area contributed by atoms with Gasteiger partial charge in [-0.15, -0.1) is 0 Å². The molecule has 0 radical (unpaired) electrons. The summed E-state index contributed by atoms with van der Waals surface area (Å²) in [6.07, 6.45) is 4.67. The smallest absolute Gasteiger partial charge is 0.244 e. The molecule has 1 N–H and O–H groups in total. The van der Waals surface area contributed by atoms with Gasteiger partial charge in [-0.3, -0.25) is 10.1 Å². The highest BCUT2D eigenvalue weighted by Gasteiger charge is 2.52. The lowest BCUT2D eigenvalue weighted by Crippen LogP contribution is -2.45. The van der Waals surface area contributed by atoms with E-state index in [4.69, 9.17) is 0 Å². The van der Waals surface area contributed by atoms with E-state index in [1.807, 2.05) is 0 Å². The second kappa shape index (κ2) is 5.43. The molecule has 0 aromatic heterocycles. The summed E-state index contributed by atoms with van der Waals surface area (Å²) in [5.74, 6) is 2.03. The van der Waals surface area contributed by atoms with Gasteiger partial charge >= 0.3 is 0 Å². The third kappa shape index (κ3) is 2.67. The van der Waals surface area contributed by atoms with E-state index >= 15 is 0 Å². The molecule has 110 valence electrons. The van der Waals surface area contributed by atoms with Gasteiger partial charge in [0.1, 0.15) is 0 Å². The Morgan fingerprint density at radius 1 is 1.21 bits per heavy atom. The lowest BCUT2D eigenvalue weighted by Gasteiger charge is -2.30. The van der Waals surface area contributed by atoms with Gasteiger partial charge in [0.2, 0.25) is 5.91 Å². The van der Waals surface area contributed by atoms with Crippen LogP contribution in [0.15, 0.2) is 0 Å². The molecule has 2 aliphatic rings. The summed E-state index contributed by atoms with van der Waals surface area (Å²) in [6, 6.07) is 0. The zero-order chi connectivity index (χ0) is 14.2.